The van der Waals surface area contributed by atoms with Crippen LogP contribution in [0.1, 0.15) is 91.8 Å². The SMILES string of the molecule is C#Cc1ccc(C(C(=O)Nc2ccc3ccccc3c2)N(C(=O)C(CC(C)C)NC(=O)OC(C)(C)C)C(C)CCC(C)C)cc1. The lowest BCUT2D eigenvalue weighted by atomic mass is 9.95. The van der Waals surface area contributed by atoms with Gasteiger partial charge < -0.3 is 20.3 Å². The smallest absolute Gasteiger partial charge is 0.408 e. The van der Waals surface area contributed by atoms with E-state index in [1.807, 2.05) is 63.2 Å². The predicted molar refractivity (Wildman–Crippen MR) is 183 cm³/mol. The van der Waals surface area contributed by atoms with Gasteiger partial charge in [-0.05, 0) is 99.4 Å². The van der Waals surface area contributed by atoms with Crippen LogP contribution in [0.5, 0.6) is 0 Å². The molecule has 0 aliphatic carbocycles. The van der Waals surface area contributed by atoms with Crippen LogP contribution in [0.25, 0.3) is 10.8 Å². The van der Waals surface area contributed by atoms with Crippen LogP contribution in [0.15, 0.2) is 66.7 Å². The summed E-state index contributed by atoms with van der Waals surface area (Å²) >= 11 is 0. The summed E-state index contributed by atoms with van der Waals surface area (Å²) in [6, 6.07) is 18.6. The quantitative estimate of drug-likeness (QED) is 0.203. The Morgan fingerprint density at radius 3 is 2.09 bits per heavy atom. The molecule has 0 spiro atoms. The normalized spacial score (nSPS) is 13.5. The summed E-state index contributed by atoms with van der Waals surface area (Å²) in [4.78, 5) is 43.7. The van der Waals surface area contributed by atoms with E-state index in [0.717, 1.165) is 17.2 Å². The summed E-state index contributed by atoms with van der Waals surface area (Å²) in [7, 11) is 0. The Morgan fingerprint density at radius 1 is 0.867 bits per heavy atom. The minimum atomic E-state index is -0.993. The minimum absolute atomic E-state index is 0.0847. The molecule has 3 amide bonds. The van der Waals surface area contributed by atoms with Gasteiger partial charge in [0.15, 0.2) is 0 Å². The Morgan fingerprint density at radius 2 is 1.51 bits per heavy atom. The van der Waals surface area contributed by atoms with Crippen molar-refractivity contribution < 1.29 is 19.1 Å². The van der Waals surface area contributed by atoms with E-state index in [0.29, 0.717) is 35.6 Å². The first-order valence-corrected chi connectivity index (χ1v) is 15.9. The number of terminal acetylenes is 1. The van der Waals surface area contributed by atoms with Crippen LogP contribution in [0.4, 0.5) is 10.5 Å². The Labute approximate surface area is 269 Å². The van der Waals surface area contributed by atoms with Crippen LogP contribution >= 0.6 is 0 Å². The highest BCUT2D eigenvalue weighted by Crippen LogP contribution is 2.30. The molecule has 0 fully saturated rings. The van der Waals surface area contributed by atoms with E-state index >= 15 is 0 Å². The molecule has 45 heavy (non-hydrogen) atoms. The molecule has 0 aliphatic heterocycles. The number of nitrogens with zero attached hydrogens (tertiary/aromatic N) is 1. The van der Waals surface area contributed by atoms with Gasteiger partial charge in [0.2, 0.25) is 5.91 Å². The molecular weight excluding hydrogens is 562 g/mol. The molecule has 0 bridgehead atoms. The van der Waals surface area contributed by atoms with Crippen molar-refractivity contribution in [1.82, 2.24) is 10.2 Å². The average Bonchev–Trinajstić information content (AvgIpc) is 2.96. The van der Waals surface area contributed by atoms with Crippen molar-refractivity contribution in [3.05, 3.63) is 77.9 Å². The third-order valence-corrected chi connectivity index (χ3v) is 7.52. The third-order valence-electron chi connectivity index (χ3n) is 7.52. The second-order valence-electron chi connectivity index (χ2n) is 13.6. The van der Waals surface area contributed by atoms with E-state index in [1.165, 1.54) is 0 Å². The minimum Gasteiger partial charge on any atom is -0.444 e. The van der Waals surface area contributed by atoms with E-state index in [4.69, 9.17) is 11.2 Å². The van der Waals surface area contributed by atoms with Gasteiger partial charge >= 0.3 is 6.09 Å². The highest BCUT2D eigenvalue weighted by molar-refractivity contribution is 6.00. The van der Waals surface area contributed by atoms with Gasteiger partial charge in [-0.1, -0.05) is 76.1 Å². The van der Waals surface area contributed by atoms with Crippen molar-refractivity contribution in [1.29, 1.82) is 0 Å². The second-order valence-corrected chi connectivity index (χ2v) is 13.6. The molecule has 3 atom stereocenters. The highest BCUT2D eigenvalue weighted by Gasteiger charge is 2.39. The summed E-state index contributed by atoms with van der Waals surface area (Å²) in [6.45, 7) is 15.5. The maximum atomic E-state index is 14.7. The predicted octanol–water partition coefficient (Wildman–Crippen LogP) is 8.09. The number of ether oxygens (including phenoxy) is 1. The number of nitrogens with one attached hydrogen (secondary N) is 2. The second kappa shape index (κ2) is 15.6. The number of amides is 3. The van der Waals surface area contributed by atoms with Crippen LogP contribution in [-0.4, -0.2) is 40.5 Å². The molecule has 0 saturated carbocycles. The van der Waals surface area contributed by atoms with E-state index < -0.39 is 23.8 Å². The van der Waals surface area contributed by atoms with E-state index in [9.17, 15) is 14.4 Å². The fourth-order valence-corrected chi connectivity index (χ4v) is 5.31. The summed E-state index contributed by atoms with van der Waals surface area (Å²) in [6.07, 6.45) is 6.87. The number of alkyl carbamates (subject to hydrolysis) is 1. The van der Waals surface area contributed by atoms with Crippen molar-refractivity contribution in [2.45, 2.75) is 98.4 Å². The fraction of sp³-hybridized carbons (Fsp3) is 0.447. The molecule has 0 radical (unpaired) electrons. The number of anilines is 1. The topological polar surface area (TPSA) is 87.7 Å². The largest absolute Gasteiger partial charge is 0.444 e. The number of carbonyl (C=O) groups is 3. The van der Waals surface area contributed by atoms with Crippen LogP contribution < -0.4 is 10.6 Å². The molecule has 0 heterocycles. The van der Waals surface area contributed by atoms with E-state index in [-0.39, 0.29) is 23.8 Å². The third kappa shape index (κ3) is 10.4. The lowest BCUT2D eigenvalue weighted by molar-refractivity contribution is -0.144. The van der Waals surface area contributed by atoms with E-state index in [2.05, 4.69) is 30.4 Å². The Balaban J connectivity index is 2.11. The summed E-state index contributed by atoms with van der Waals surface area (Å²) in [5, 5.41) is 7.95. The number of benzene rings is 3. The van der Waals surface area contributed by atoms with Crippen molar-refractivity contribution in [3.63, 3.8) is 0 Å². The molecule has 2 N–H and O–H groups in total. The number of carbonyl (C=O) groups excluding carboxylic acids is 3. The van der Waals surface area contributed by atoms with Gasteiger partial charge in [0, 0.05) is 17.3 Å². The van der Waals surface area contributed by atoms with Crippen LogP contribution in [0.2, 0.25) is 0 Å². The zero-order chi connectivity index (χ0) is 33.3. The number of hydrogen-bond donors (Lipinski definition) is 2. The number of fused-ring (bicyclic) bond motifs is 1. The monoisotopic (exact) mass is 611 g/mol. The van der Waals surface area contributed by atoms with Gasteiger partial charge in [0.1, 0.15) is 17.7 Å². The number of rotatable bonds is 12. The maximum absolute atomic E-state index is 14.7. The zero-order valence-corrected chi connectivity index (χ0v) is 28.0. The molecule has 7 heteroatoms. The van der Waals surface area contributed by atoms with Gasteiger partial charge in [-0.15, -0.1) is 6.42 Å². The summed E-state index contributed by atoms with van der Waals surface area (Å²) in [5.74, 6) is 2.41. The first-order valence-electron chi connectivity index (χ1n) is 15.9. The molecule has 0 aliphatic rings. The average molecular weight is 612 g/mol. The van der Waals surface area contributed by atoms with E-state index in [1.54, 1.807) is 49.9 Å². The van der Waals surface area contributed by atoms with Crippen LogP contribution in [0.3, 0.4) is 0 Å². The van der Waals surface area contributed by atoms with Gasteiger partial charge in [-0.25, -0.2) is 4.79 Å². The van der Waals surface area contributed by atoms with Gasteiger partial charge in [0.05, 0.1) is 0 Å². The fourth-order valence-electron chi connectivity index (χ4n) is 5.31. The first-order chi connectivity index (χ1) is 21.2. The molecular formula is C38H49N3O4. The Kier molecular flexibility index (Phi) is 12.2. The van der Waals surface area contributed by atoms with Gasteiger partial charge in [-0.3, -0.25) is 9.59 Å². The summed E-state index contributed by atoms with van der Waals surface area (Å²) in [5.41, 5.74) is 1.18. The molecule has 7 nitrogen and oxygen atoms in total. The molecule has 0 aromatic heterocycles. The van der Waals surface area contributed by atoms with Crippen LogP contribution in [0, 0.1) is 24.2 Å². The lowest BCUT2D eigenvalue weighted by Gasteiger charge is -2.39. The molecule has 0 saturated heterocycles. The van der Waals surface area contributed by atoms with Crippen molar-refractivity contribution in [2.75, 3.05) is 5.32 Å². The van der Waals surface area contributed by atoms with Crippen LogP contribution in [-0.2, 0) is 14.3 Å². The van der Waals surface area contributed by atoms with Gasteiger partial charge in [0.25, 0.3) is 5.91 Å². The Hall–Kier alpha value is -4.31. The maximum Gasteiger partial charge on any atom is 0.408 e. The molecule has 3 aromatic carbocycles. The molecule has 3 unspecified atom stereocenters. The lowest BCUT2D eigenvalue weighted by Crippen LogP contribution is -2.55. The standard InChI is InChI=1S/C38H49N3O4/c1-10-28-17-19-30(20-18-28)34(35(42)39-32-22-21-29-13-11-12-14-31(29)24-32)41(27(6)16-15-25(2)3)36(43)33(23-26(4)5)40-37(44)45-38(7,8)9/h1,11-14,17-22,24-27,33-34H,15-16,23H2,2-9H3,(H,39,42)(H,40,44). The van der Waals surface area contributed by atoms with Crippen molar-refractivity contribution >= 4 is 34.4 Å². The van der Waals surface area contributed by atoms with Crippen molar-refractivity contribution in [3.8, 4) is 12.3 Å². The number of hydrogen-bond acceptors (Lipinski definition) is 4. The van der Waals surface area contributed by atoms with Gasteiger partial charge in [-0.2, -0.15) is 0 Å². The highest BCUT2D eigenvalue weighted by atomic mass is 16.6. The molecule has 240 valence electrons. The first kappa shape index (κ1) is 35.2. The molecule has 3 rings (SSSR count). The van der Waals surface area contributed by atoms with Crippen molar-refractivity contribution in [2.24, 2.45) is 11.8 Å². The summed E-state index contributed by atoms with van der Waals surface area (Å²) < 4.78 is 5.53. The Bertz CT molecular complexity index is 1500. The molecule has 3 aromatic rings. The zero-order valence-electron chi connectivity index (χ0n) is 28.0.